The van der Waals surface area contributed by atoms with E-state index in [1.807, 2.05) is 0 Å². The van der Waals surface area contributed by atoms with E-state index < -0.39 is 5.92 Å². The third kappa shape index (κ3) is 2.07. The fourth-order valence-corrected chi connectivity index (χ4v) is 2.22. The van der Waals surface area contributed by atoms with Gasteiger partial charge in [-0.3, -0.25) is 9.59 Å². The Bertz CT molecular complexity index is 319. The van der Waals surface area contributed by atoms with Crippen molar-refractivity contribution in [2.24, 2.45) is 16.8 Å². The van der Waals surface area contributed by atoms with Crippen LogP contribution in [0, 0.1) is 11.8 Å². The first-order valence-electron chi connectivity index (χ1n) is 5.29. The topological polar surface area (TPSA) is 70.6 Å². The molecule has 0 radical (unpaired) electrons. The number of hydrogen-bond donors (Lipinski definition) is 2. The summed E-state index contributed by atoms with van der Waals surface area (Å²) < 4.78 is 0. The van der Waals surface area contributed by atoms with Crippen molar-refractivity contribution in [2.45, 2.75) is 19.8 Å². The van der Waals surface area contributed by atoms with Crippen LogP contribution < -0.4 is 10.6 Å². The summed E-state index contributed by atoms with van der Waals surface area (Å²) in [6.07, 6.45) is 1.75. The molecular formula is C10H15N3O2. The molecule has 15 heavy (non-hydrogen) atoms. The number of rotatable bonds is 1. The number of aliphatic imine (C=N–C) groups is 1. The summed E-state index contributed by atoms with van der Waals surface area (Å²) in [5, 5.41) is 5.84. The molecule has 0 saturated carbocycles. The summed E-state index contributed by atoms with van der Waals surface area (Å²) in [5.41, 5.74) is 0. The fraction of sp³-hybridized carbons (Fsp3) is 0.700. The van der Waals surface area contributed by atoms with Crippen molar-refractivity contribution in [3.8, 4) is 0 Å². The van der Waals surface area contributed by atoms with Crippen molar-refractivity contribution in [1.82, 2.24) is 10.6 Å². The lowest BCUT2D eigenvalue weighted by Crippen LogP contribution is -2.48. The lowest BCUT2D eigenvalue weighted by Gasteiger charge is -2.29. The van der Waals surface area contributed by atoms with Gasteiger partial charge in [-0.15, -0.1) is 0 Å². The monoisotopic (exact) mass is 209 g/mol. The van der Waals surface area contributed by atoms with Gasteiger partial charge in [-0.2, -0.15) is 4.99 Å². The molecule has 5 heteroatoms. The predicted octanol–water partition coefficient (Wildman–Crippen LogP) is -0.323. The lowest BCUT2D eigenvalue weighted by atomic mass is 9.83. The molecule has 2 N–H and O–H groups in total. The van der Waals surface area contributed by atoms with Crippen molar-refractivity contribution in [1.29, 1.82) is 0 Å². The largest absolute Gasteiger partial charge is 0.317 e. The molecule has 1 saturated heterocycles. The van der Waals surface area contributed by atoms with E-state index in [1.165, 1.54) is 0 Å². The van der Waals surface area contributed by atoms with E-state index in [1.54, 1.807) is 6.92 Å². The van der Waals surface area contributed by atoms with E-state index in [2.05, 4.69) is 15.6 Å². The molecule has 0 aromatic rings. The standard InChI is InChI=1S/C10H15N3O2/c1-6-12-9(14)8(10(15)13-6)7-2-4-11-5-3-7/h7-8,11H,2-5H2,1H3,(H,12,13,14,15). The van der Waals surface area contributed by atoms with Gasteiger partial charge in [-0.05, 0) is 38.8 Å². The van der Waals surface area contributed by atoms with Gasteiger partial charge in [0.1, 0.15) is 11.8 Å². The van der Waals surface area contributed by atoms with Gasteiger partial charge in [0.25, 0.3) is 5.91 Å². The number of amidine groups is 1. The molecule has 2 amide bonds. The first-order valence-corrected chi connectivity index (χ1v) is 5.29. The van der Waals surface area contributed by atoms with Crippen LogP contribution in [-0.4, -0.2) is 30.7 Å². The van der Waals surface area contributed by atoms with Gasteiger partial charge in [0.05, 0.1) is 0 Å². The van der Waals surface area contributed by atoms with Crippen molar-refractivity contribution < 1.29 is 9.59 Å². The average molecular weight is 209 g/mol. The molecule has 2 aliphatic heterocycles. The smallest absolute Gasteiger partial charge is 0.260 e. The molecule has 0 spiro atoms. The highest BCUT2D eigenvalue weighted by atomic mass is 16.2. The normalized spacial score (nSPS) is 28.6. The maximum Gasteiger partial charge on any atom is 0.260 e. The molecule has 1 unspecified atom stereocenters. The second kappa shape index (κ2) is 4.10. The molecule has 2 heterocycles. The Hall–Kier alpha value is -1.23. The van der Waals surface area contributed by atoms with Crippen LogP contribution in [0.5, 0.6) is 0 Å². The number of carbonyl (C=O) groups excluding carboxylic acids is 2. The molecular weight excluding hydrogens is 194 g/mol. The molecule has 0 aliphatic carbocycles. The minimum Gasteiger partial charge on any atom is -0.317 e. The summed E-state index contributed by atoms with van der Waals surface area (Å²) in [5.74, 6) is -0.455. The fourth-order valence-electron chi connectivity index (χ4n) is 2.22. The second-order valence-electron chi connectivity index (χ2n) is 4.09. The molecule has 0 aromatic carbocycles. The van der Waals surface area contributed by atoms with Crippen LogP contribution in [0.4, 0.5) is 0 Å². The highest BCUT2D eigenvalue weighted by Gasteiger charge is 2.37. The van der Waals surface area contributed by atoms with Gasteiger partial charge in [0.2, 0.25) is 5.91 Å². The molecule has 2 aliphatic rings. The van der Waals surface area contributed by atoms with E-state index in [9.17, 15) is 9.59 Å². The van der Waals surface area contributed by atoms with Gasteiger partial charge in [-0.25, -0.2) is 0 Å². The molecule has 0 aromatic heterocycles. The van der Waals surface area contributed by atoms with E-state index in [0.29, 0.717) is 5.84 Å². The molecule has 0 bridgehead atoms. The van der Waals surface area contributed by atoms with Crippen LogP contribution >= 0.6 is 0 Å². The highest BCUT2D eigenvalue weighted by Crippen LogP contribution is 2.24. The van der Waals surface area contributed by atoms with Gasteiger partial charge in [-0.1, -0.05) is 0 Å². The third-order valence-electron chi connectivity index (χ3n) is 2.99. The molecule has 1 fully saturated rings. The van der Waals surface area contributed by atoms with Crippen LogP contribution in [0.25, 0.3) is 0 Å². The summed E-state index contributed by atoms with van der Waals surface area (Å²) in [4.78, 5) is 27.1. The van der Waals surface area contributed by atoms with Gasteiger partial charge in [0, 0.05) is 0 Å². The molecule has 82 valence electrons. The number of carbonyl (C=O) groups is 2. The maximum atomic E-state index is 11.7. The zero-order chi connectivity index (χ0) is 10.8. The van der Waals surface area contributed by atoms with E-state index in [-0.39, 0.29) is 17.7 Å². The lowest BCUT2D eigenvalue weighted by molar-refractivity contribution is -0.136. The minimum atomic E-state index is -0.559. The SMILES string of the molecule is CC1=NC(=O)C(C2CCNCC2)C(=O)N1. The average Bonchev–Trinajstić information content (AvgIpc) is 2.17. The Kier molecular flexibility index (Phi) is 2.81. The maximum absolute atomic E-state index is 11.7. The molecule has 5 nitrogen and oxygen atoms in total. The Morgan fingerprint density at radius 3 is 2.53 bits per heavy atom. The van der Waals surface area contributed by atoms with Crippen LogP contribution in [0.15, 0.2) is 4.99 Å². The summed E-state index contributed by atoms with van der Waals surface area (Å²) in [6, 6.07) is 0. The zero-order valence-electron chi connectivity index (χ0n) is 8.75. The van der Waals surface area contributed by atoms with Gasteiger partial charge < -0.3 is 10.6 Å². The molecule has 2 rings (SSSR count). The van der Waals surface area contributed by atoms with Crippen molar-refractivity contribution in [2.75, 3.05) is 13.1 Å². The number of nitrogens with zero attached hydrogens (tertiary/aromatic N) is 1. The van der Waals surface area contributed by atoms with Crippen molar-refractivity contribution in [3.05, 3.63) is 0 Å². The number of nitrogens with one attached hydrogen (secondary N) is 2. The first-order chi connectivity index (χ1) is 7.18. The van der Waals surface area contributed by atoms with E-state index >= 15 is 0 Å². The zero-order valence-corrected chi connectivity index (χ0v) is 8.75. The number of piperidine rings is 1. The third-order valence-corrected chi connectivity index (χ3v) is 2.99. The predicted molar refractivity (Wildman–Crippen MR) is 55.3 cm³/mol. The second-order valence-corrected chi connectivity index (χ2v) is 4.09. The summed E-state index contributed by atoms with van der Waals surface area (Å²) in [6.45, 7) is 3.39. The van der Waals surface area contributed by atoms with Crippen LogP contribution in [0.1, 0.15) is 19.8 Å². The molecule has 1 atom stereocenters. The quantitative estimate of drug-likeness (QED) is 0.581. The number of hydrogen-bond acceptors (Lipinski definition) is 3. The summed E-state index contributed by atoms with van der Waals surface area (Å²) >= 11 is 0. The van der Waals surface area contributed by atoms with Crippen LogP contribution in [0.2, 0.25) is 0 Å². The van der Waals surface area contributed by atoms with Crippen molar-refractivity contribution in [3.63, 3.8) is 0 Å². The Labute approximate surface area is 88.3 Å². The van der Waals surface area contributed by atoms with E-state index in [4.69, 9.17) is 0 Å². The summed E-state index contributed by atoms with van der Waals surface area (Å²) in [7, 11) is 0. The van der Waals surface area contributed by atoms with Gasteiger partial charge >= 0.3 is 0 Å². The Morgan fingerprint density at radius 1 is 1.27 bits per heavy atom. The van der Waals surface area contributed by atoms with Crippen molar-refractivity contribution >= 4 is 17.6 Å². The number of amides is 2. The van der Waals surface area contributed by atoms with Crippen LogP contribution in [-0.2, 0) is 9.59 Å². The van der Waals surface area contributed by atoms with Gasteiger partial charge in [0.15, 0.2) is 0 Å². The highest BCUT2D eigenvalue weighted by molar-refractivity contribution is 6.15. The Morgan fingerprint density at radius 2 is 1.93 bits per heavy atom. The van der Waals surface area contributed by atoms with Crippen LogP contribution in [0.3, 0.4) is 0 Å². The van der Waals surface area contributed by atoms with E-state index in [0.717, 1.165) is 25.9 Å². The first kappa shape index (κ1) is 10.3. The minimum absolute atomic E-state index is 0.149. The Balaban J connectivity index is 2.13.